The molecule has 0 aromatic heterocycles. The van der Waals surface area contributed by atoms with Crippen LogP contribution >= 0.6 is 0 Å². The van der Waals surface area contributed by atoms with Gasteiger partial charge in [0.25, 0.3) is 0 Å². The maximum absolute atomic E-state index is 12.5. The average molecular weight is 305 g/mol. The molecular weight excluding hydrogens is 286 g/mol. The minimum absolute atomic E-state index is 0.377. The van der Waals surface area contributed by atoms with Crippen LogP contribution in [-0.4, -0.2) is 28.7 Å². The molecule has 2 aromatic rings. The van der Waals surface area contributed by atoms with Crippen molar-refractivity contribution in [3.05, 3.63) is 41.5 Å². The molecular formula is C16H19NO3S. The molecule has 0 unspecified atom stereocenters. The maximum atomic E-state index is 12.5. The Morgan fingerprint density at radius 1 is 1.14 bits per heavy atom. The van der Waals surface area contributed by atoms with E-state index in [2.05, 4.69) is 10.8 Å². The zero-order valence-electron chi connectivity index (χ0n) is 12.1. The highest BCUT2D eigenvalue weighted by Gasteiger charge is 2.21. The number of methoxy groups -OCH3 is 1. The van der Waals surface area contributed by atoms with Crippen molar-refractivity contribution in [2.75, 3.05) is 20.3 Å². The van der Waals surface area contributed by atoms with E-state index in [0.29, 0.717) is 24.5 Å². The van der Waals surface area contributed by atoms with Crippen molar-refractivity contribution in [1.82, 2.24) is 4.72 Å². The van der Waals surface area contributed by atoms with Crippen LogP contribution in [0.4, 0.5) is 0 Å². The summed E-state index contributed by atoms with van der Waals surface area (Å²) in [6.45, 7) is 0.936. The average Bonchev–Trinajstić information content (AvgIpc) is 2.89. The number of hydrogen-bond donors (Lipinski definition) is 1. The van der Waals surface area contributed by atoms with E-state index in [0.717, 1.165) is 23.6 Å². The van der Waals surface area contributed by atoms with Crippen molar-refractivity contribution in [2.45, 2.75) is 24.2 Å². The van der Waals surface area contributed by atoms with Gasteiger partial charge < -0.3 is 4.74 Å². The minimum Gasteiger partial charge on any atom is -0.385 e. The first kappa shape index (κ1) is 14.5. The Hall–Kier alpha value is -1.43. The molecule has 21 heavy (non-hydrogen) atoms. The van der Waals surface area contributed by atoms with Crippen LogP contribution in [0.2, 0.25) is 0 Å². The molecule has 0 spiro atoms. The van der Waals surface area contributed by atoms with Gasteiger partial charge in [0, 0.05) is 25.6 Å². The van der Waals surface area contributed by atoms with E-state index in [1.165, 1.54) is 11.1 Å². The van der Waals surface area contributed by atoms with E-state index < -0.39 is 10.0 Å². The Bertz CT molecular complexity index is 758. The third-order valence-corrected chi connectivity index (χ3v) is 5.46. The number of ether oxygens (including phenoxy) is 1. The van der Waals surface area contributed by atoms with Crippen molar-refractivity contribution in [1.29, 1.82) is 0 Å². The number of rotatable bonds is 6. The molecule has 4 nitrogen and oxygen atoms in total. The largest absolute Gasteiger partial charge is 0.385 e. The summed E-state index contributed by atoms with van der Waals surface area (Å²) in [5, 5.41) is 1.96. The molecule has 3 rings (SSSR count). The van der Waals surface area contributed by atoms with Crippen LogP contribution in [0.1, 0.15) is 17.5 Å². The van der Waals surface area contributed by atoms with Crippen molar-refractivity contribution in [3.63, 3.8) is 0 Å². The first-order valence-corrected chi connectivity index (χ1v) is 8.64. The maximum Gasteiger partial charge on any atom is 0.241 e. The zero-order chi connectivity index (χ0) is 14.9. The summed E-state index contributed by atoms with van der Waals surface area (Å²) >= 11 is 0. The Labute approximate surface area is 125 Å². The molecule has 0 radical (unpaired) electrons. The molecule has 2 aromatic carbocycles. The van der Waals surface area contributed by atoms with Gasteiger partial charge in [-0.25, -0.2) is 13.1 Å². The van der Waals surface area contributed by atoms with Crippen molar-refractivity contribution >= 4 is 20.8 Å². The summed E-state index contributed by atoms with van der Waals surface area (Å²) in [5.74, 6) is 0. The van der Waals surface area contributed by atoms with Crippen molar-refractivity contribution in [2.24, 2.45) is 0 Å². The summed E-state index contributed by atoms with van der Waals surface area (Å²) in [4.78, 5) is 0.377. The molecule has 1 N–H and O–H groups in total. The Morgan fingerprint density at radius 3 is 2.67 bits per heavy atom. The Morgan fingerprint density at radius 2 is 1.90 bits per heavy atom. The molecule has 0 saturated heterocycles. The SMILES string of the molecule is COCCCNS(=O)(=O)c1ccc2c3c(cccc13)CC2. The summed E-state index contributed by atoms with van der Waals surface area (Å²) in [6.07, 6.45) is 2.66. The van der Waals surface area contributed by atoms with E-state index in [1.54, 1.807) is 13.2 Å². The molecule has 0 aliphatic heterocycles. The van der Waals surface area contributed by atoms with Crippen LogP contribution in [-0.2, 0) is 27.6 Å². The Balaban J connectivity index is 1.98. The molecule has 5 heteroatoms. The quantitative estimate of drug-likeness (QED) is 0.833. The third-order valence-electron chi connectivity index (χ3n) is 3.94. The highest BCUT2D eigenvalue weighted by atomic mass is 32.2. The fourth-order valence-electron chi connectivity index (χ4n) is 2.96. The molecule has 0 fully saturated rings. The highest BCUT2D eigenvalue weighted by molar-refractivity contribution is 7.89. The second-order valence-electron chi connectivity index (χ2n) is 5.31. The van der Waals surface area contributed by atoms with E-state index >= 15 is 0 Å². The lowest BCUT2D eigenvalue weighted by molar-refractivity contribution is 0.196. The molecule has 1 aliphatic carbocycles. The van der Waals surface area contributed by atoms with Gasteiger partial charge in [-0.05, 0) is 41.8 Å². The van der Waals surface area contributed by atoms with E-state index in [-0.39, 0.29) is 0 Å². The zero-order valence-corrected chi connectivity index (χ0v) is 12.9. The number of hydrogen-bond acceptors (Lipinski definition) is 3. The lowest BCUT2D eigenvalue weighted by atomic mass is 10.1. The van der Waals surface area contributed by atoms with Gasteiger partial charge in [0.1, 0.15) is 0 Å². The van der Waals surface area contributed by atoms with Crippen molar-refractivity contribution < 1.29 is 13.2 Å². The fourth-order valence-corrected chi connectivity index (χ4v) is 4.23. The first-order valence-electron chi connectivity index (χ1n) is 7.15. The van der Waals surface area contributed by atoms with Gasteiger partial charge in [-0.3, -0.25) is 0 Å². The van der Waals surface area contributed by atoms with Crippen LogP contribution in [0.3, 0.4) is 0 Å². The second-order valence-corrected chi connectivity index (χ2v) is 7.04. The lowest BCUT2D eigenvalue weighted by Crippen LogP contribution is -2.25. The standard InChI is InChI=1S/C16H19NO3S/c1-20-11-3-10-17-21(18,19)15-9-8-13-7-6-12-4-2-5-14(15)16(12)13/h2,4-5,8-9,17H,3,6-7,10-11H2,1H3. The highest BCUT2D eigenvalue weighted by Crippen LogP contribution is 2.34. The summed E-state index contributed by atoms with van der Waals surface area (Å²) < 4.78 is 32.6. The predicted molar refractivity (Wildman–Crippen MR) is 83.0 cm³/mol. The topological polar surface area (TPSA) is 55.4 Å². The number of benzene rings is 2. The van der Waals surface area contributed by atoms with Gasteiger partial charge in [0.05, 0.1) is 4.90 Å². The van der Waals surface area contributed by atoms with Crippen LogP contribution in [0.15, 0.2) is 35.2 Å². The number of sulfonamides is 1. The van der Waals surface area contributed by atoms with Gasteiger partial charge in [-0.15, -0.1) is 0 Å². The molecule has 0 atom stereocenters. The molecule has 1 aliphatic rings. The molecule has 0 amide bonds. The van der Waals surface area contributed by atoms with Crippen LogP contribution < -0.4 is 4.72 Å². The van der Waals surface area contributed by atoms with Crippen LogP contribution in [0.5, 0.6) is 0 Å². The van der Waals surface area contributed by atoms with Gasteiger partial charge in [0.2, 0.25) is 10.0 Å². The van der Waals surface area contributed by atoms with E-state index in [4.69, 9.17) is 4.74 Å². The summed E-state index contributed by atoms with van der Waals surface area (Å²) in [7, 11) is -1.87. The first-order chi connectivity index (χ1) is 10.1. The van der Waals surface area contributed by atoms with Gasteiger partial charge in [0.15, 0.2) is 0 Å². The fraction of sp³-hybridized carbons (Fsp3) is 0.375. The second kappa shape index (κ2) is 5.75. The minimum atomic E-state index is -3.48. The summed E-state index contributed by atoms with van der Waals surface area (Å²) in [6, 6.07) is 9.60. The summed E-state index contributed by atoms with van der Waals surface area (Å²) in [5.41, 5.74) is 2.50. The molecule has 0 heterocycles. The Kier molecular flexibility index (Phi) is 3.97. The van der Waals surface area contributed by atoms with Crippen LogP contribution in [0.25, 0.3) is 10.8 Å². The van der Waals surface area contributed by atoms with Crippen LogP contribution in [0, 0.1) is 0 Å². The van der Waals surface area contributed by atoms with E-state index in [9.17, 15) is 8.42 Å². The van der Waals surface area contributed by atoms with E-state index in [1.807, 2.05) is 18.2 Å². The molecule has 0 bridgehead atoms. The smallest absolute Gasteiger partial charge is 0.241 e. The predicted octanol–water partition coefficient (Wildman–Crippen LogP) is 2.25. The monoisotopic (exact) mass is 305 g/mol. The van der Waals surface area contributed by atoms with Gasteiger partial charge in [-0.2, -0.15) is 0 Å². The van der Waals surface area contributed by atoms with Crippen molar-refractivity contribution in [3.8, 4) is 0 Å². The number of nitrogens with one attached hydrogen (secondary N) is 1. The molecule has 0 saturated carbocycles. The third kappa shape index (κ3) is 2.69. The molecule has 112 valence electrons. The normalized spacial score (nSPS) is 14.0. The van der Waals surface area contributed by atoms with Gasteiger partial charge >= 0.3 is 0 Å². The van der Waals surface area contributed by atoms with Gasteiger partial charge in [-0.1, -0.05) is 24.3 Å². The lowest BCUT2D eigenvalue weighted by Gasteiger charge is -2.11. The number of aryl methyl sites for hydroxylation is 2.